The van der Waals surface area contributed by atoms with Gasteiger partial charge in [0.2, 0.25) is 0 Å². The molecular formula is C14H22N4O. The summed E-state index contributed by atoms with van der Waals surface area (Å²) >= 11 is 0. The molecule has 0 radical (unpaired) electrons. The van der Waals surface area contributed by atoms with Gasteiger partial charge in [-0.25, -0.2) is 4.98 Å². The van der Waals surface area contributed by atoms with Gasteiger partial charge in [-0.1, -0.05) is 0 Å². The summed E-state index contributed by atoms with van der Waals surface area (Å²) in [5.74, 6) is 0.941. The lowest BCUT2D eigenvalue weighted by Gasteiger charge is -2.28. The average molecular weight is 262 g/mol. The van der Waals surface area contributed by atoms with Gasteiger partial charge >= 0.3 is 0 Å². The SMILES string of the molecule is CC(C)n1cncc1C(CN)N(C)Cc1ccco1. The van der Waals surface area contributed by atoms with E-state index in [0.717, 1.165) is 18.0 Å². The number of nitrogens with two attached hydrogens (primary N) is 1. The highest BCUT2D eigenvalue weighted by molar-refractivity contribution is 5.08. The van der Waals surface area contributed by atoms with Crippen molar-refractivity contribution >= 4 is 0 Å². The van der Waals surface area contributed by atoms with Gasteiger partial charge in [-0.3, -0.25) is 4.90 Å². The fraction of sp³-hybridized carbons (Fsp3) is 0.500. The number of hydrogen-bond donors (Lipinski definition) is 1. The first-order valence-electron chi connectivity index (χ1n) is 6.58. The maximum atomic E-state index is 5.95. The maximum absolute atomic E-state index is 5.95. The van der Waals surface area contributed by atoms with E-state index in [4.69, 9.17) is 10.2 Å². The van der Waals surface area contributed by atoms with Crippen LogP contribution in [0.4, 0.5) is 0 Å². The van der Waals surface area contributed by atoms with Gasteiger partial charge < -0.3 is 14.7 Å². The number of aromatic nitrogens is 2. The van der Waals surface area contributed by atoms with Crippen LogP contribution in [0, 0.1) is 0 Å². The van der Waals surface area contributed by atoms with E-state index in [9.17, 15) is 0 Å². The van der Waals surface area contributed by atoms with Crippen molar-refractivity contribution in [3.05, 3.63) is 42.4 Å². The monoisotopic (exact) mass is 262 g/mol. The van der Waals surface area contributed by atoms with E-state index in [1.165, 1.54) is 0 Å². The molecule has 0 bridgehead atoms. The zero-order valence-corrected chi connectivity index (χ0v) is 11.8. The van der Waals surface area contributed by atoms with Crippen LogP contribution in [0.1, 0.15) is 37.4 Å². The highest BCUT2D eigenvalue weighted by atomic mass is 16.3. The summed E-state index contributed by atoms with van der Waals surface area (Å²) in [6, 6.07) is 4.39. The Labute approximate surface area is 114 Å². The molecule has 0 aliphatic heterocycles. The number of likely N-dealkylation sites (N-methyl/N-ethyl adjacent to an activating group) is 1. The Bertz CT molecular complexity index is 489. The Balaban J connectivity index is 2.16. The van der Waals surface area contributed by atoms with Gasteiger partial charge in [-0.2, -0.15) is 0 Å². The molecule has 1 unspecified atom stereocenters. The lowest BCUT2D eigenvalue weighted by Crippen LogP contribution is -2.32. The lowest BCUT2D eigenvalue weighted by molar-refractivity contribution is 0.213. The molecule has 0 fully saturated rings. The molecule has 0 amide bonds. The normalized spacial score (nSPS) is 13.4. The fourth-order valence-corrected chi connectivity index (χ4v) is 2.29. The van der Waals surface area contributed by atoms with Crippen LogP contribution in [0.15, 0.2) is 35.3 Å². The summed E-state index contributed by atoms with van der Waals surface area (Å²) < 4.78 is 7.55. The van der Waals surface area contributed by atoms with E-state index in [1.807, 2.05) is 24.7 Å². The van der Waals surface area contributed by atoms with Crippen LogP contribution in [0.25, 0.3) is 0 Å². The van der Waals surface area contributed by atoms with Crippen molar-refractivity contribution in [1.29, 1.82) is 0 Å². The van der Waals surface area contributed by atoms with E-state index in [-0.39, 0.29) is 6.04 Å². The molecule has 0 saturated carbocycles. The Morgan fingerprint density at radius 1 is 1.47 bits per heavy atom. The second-order valence-electron chi connectivity index (χ2n) is 5.07. The summed E-state index contributed by atoms with van der Waals surface area (Å²) in [4.78, 5) is 6.44. The van der Waals surface area contributed by atoms with Crippen molar-refractivity contribution in [2.75, 3.05) is 13.6 Å². The Morgan fingerprint density at radius 2 is 2.26 bits per heavy atom. The van der Waals surface area contributed by atoms with Gasteiger partial charge in [-0.15, -0.1) is 0 Å². The number of furan rings is 1. The molecule has 0 spiro atoms. The molecule has 5 heteroatoms. The number of nitrogens with zero attached hydrogens (tertiary/aromatic N) is 3. The molecule has 2 rings (SSSR count). The molecule has 2 heterocycles. The molecule has 0 aromatic carbocycles. The predicted molar refractivity (Wildman–Crippen MR) is 74.6 cm³/mol. The second kappa shape index (κ2) is 6.04. The minimum Gasteiger partial charge on any atom is -0.468 e. The van der Waals surface area contributed by atoms with Crippen molar-refractivity contribution in [2.24, 2.45) is 5.73 Å². The summed E-state index contributed by atoms with van der Waals surface area (Å²) in [5, 5.41) is 0. The van der Waals surface area contributed by atoms with E-state index < -0.39 is 0 Å². The molecule has 2 aromatic rings. The van der Waals surface area contributed by atoms with Gasteiger partial charge in [0, 0.05) is 18.8 Å². The molecule has 104 valence electrons. The Hall–Kier alpha value is -1.59. The van der Waals surface area contributed by atoms with E-state index in [2.05, 4.69) is 35.3 Å². The van der Waals surface area contributed by atoms with Crippen LogP contribution in [-0.4, -0.2) is 28.0 Å². The highest BCUT2D eigenvalue weighted by Gasteiger charge is 2.21. The zero-order chi connectivity index (χ0) is 13.8. The Kier molecular flexibility index (Phi) is 4.39. The number of hydrogen-bond acceptors (Lipinski definition) is 4. The van der Waals surface area contributed by atoms with Crippen molar-refractivity contribution < 1.29 is 4.42 Å². The van der Waals surface area contributed by atoms with Gasteiger partial charge in [0.1, 0.15) is 5.76 Å². The summed E-state index contributed by atoms with van der Waals surface area (Å²) in [7, 11) is 2.05. The number of imidazole rings is 1. The summed E-state index contributed by atoms with van der Waals surface area (Å²) in [6.45, 7) is 5.57. The second-order valence-corrected chi connectivity index (χ2v) is 5.07. The molecule has 0 saturated heterocycles. The molecule has 0 aliphatic rings. The van der Waals surface area contributed by atoms with Crippen LogP contribution in [0.5, 0.6) is 0 Å². The van der Waals surface area contributed by atoms with Crippen molar-refractivity contribution in [1.82, 2.24) is 14.5 Å². The molecule has 5 nitrogen and oxygen atoms in total. The van der Waals surface area contributed by atoms with Crippen molar-refractivity contribution in [3.8, 4) is 0 Å². The van der Waals surface area contributed by atoms with Crippen molar-refractivity contribution in [3.63, 3.8) is 0 Å². The maximum Gasteiger partial charge on any atom is 0.117 e. The largest absolute Gasteiger partial charge is 0.468 e. The summed E-state index contributed by atoms with van der Waals surface area (Å²) in [5.41, 5.74) is 7.09. The molecular weight excluding hydrogens is 240 g/mol. The third-order valence-electron chi connectivity index (χ3n) is 3.33. The minimum atomic E-state index is 0.134. The van der Waals surface area contributed by atoms with E-state index >= 15 is 0 Å². The van der Waals surface area contributed by atoms with Gasteiger partial charge in [-0.05, 0) is 33.0 Å². The van der Waals surface area contributed by atoms with Crippen LogP contribution < -0.4 is 5.73 Å². The number of rotatable bonds is 6. The standard InChI is InChI=1S/C14H22N4O/c1-11(2)18-10-16-8-14(18)13(7-15)17(3)9-12-5-4-6-19-12/h4-6,8,10-11,13H,7,9,15H2,1-3H3. The lowest BCUT2D eigenvalue weighted by atomic mass is 10.1. The van der Waals surface area contributed by atoms with Crippen LogP contribution in [0.2, 0.25) is 0 Å². The quantitative estimate of drug-likeness (QED) is 0.867. The first kappa shape index (κ1) is 13.8. The molecule has 1 atom stereocenters. The zero-order valence-electron chi connectivity index (χ0n) is 11.8. The van der Waals surface area contributed by atoms with E-state index in [1.54, 1.807) is 6.26 Å². The third-order valence-corrected chi connectivity index (χ3v) is 3.33. The molecule has 0 aliphatic carbocycles. The van der Waals surface area contributed by atoms with Gasteiger partial charge in [0.25, 0.3) is 0 Å². The van der Waals surface area contributed by atoms with Crippen LogP contribution in [0.3, 0.4) is 0 Å². The third kappa shape index (κ3) is 3.05. The topological polar surface area (TPSA) is 60.2 Å². The summed E-state index contributed by atoms with van der Waals surface area (Å²) in [6.07, 6.45) is 5.46. The first-order valence-corrected chi connectivity index (χ1v) is 6.58. The average Bonchev–Trinajstić information content (AvgIpc) is 3.00. The molecule has 2 aromatic heterocycles. The molecule has 19 heavy (non-hydrogen) atoms. The highest BCUT2D eigenvalue weighted by Crippen LogP contribution is 2.22. The predicted octanol–water partition coefficient (Wildman–Crippen LogP) is 2.19. The Morgan fingerprint density at radius 3 is 2.84 bits per heavy atom. The first-order chi connectivity index (χ1) is 9.13. The van der Waals surface area contributed by atoms with Crippen molar-refractivity contribution in [2.45, 2.75) is 32.5 Å². The fourth-order valence-electron chi connectivity index (χ4n) is 2.29. The van der Waals surface area contributed by atoms with Crippen LogP contribution >= 0.6 is 0 Å². The van der Waals surface area contributed by atoms with E-state index in [0.29, 0.717) is 12.6 Å². The van der Waals surface area contributed by atoms with Gasteiger partial charge in [0.05, 0.1) is 30.9 Å². The minimum absolute atomic E-state index is 0.134. The van der Waals surface area contributed by atoms with Gasteiger partial charge in [0.15, 0.2) is 0 Å². The van der Waals surface area contributed by atoms with Crippen LogP contribution in [-0.2, 0) is 6.54 Å². The molecule has 2 N–H and O–H groups in total. The smallest absolute Gasteiger partial charge is 0.117 e.